The van der Waals surface area contributed by atoms with Crippen molar-refractivity contribution >= 4 is 24.0 Å². The van der Waals surface area contributed by atoms with Crippen molar-refractivity contribution in [2.75, 3.05) is 0 Å². The van der Waals surface area contributed by atoms with Crippen LogP contribution in [0, 0.1) is 11.7 Å². The number of H-pyrrole nitrogens is 1. The lowest BCUT2D eigenvalue weighted by Gasteiger charge is -2.23. The van der Waals surface area contributed by atoms with Crippen LogP contribution in [-0.2, 0) is 13.1 Å². The lowest BCUT2D eigenvalue weighted by atomic mass is 9.85. The van der Waals surface area contributed by atoms with Gasteiger partial charge < -0.3 is 9.55 Å². The van der Waals surface area contributed by atoms with E-state index >= 15 is 0 Å². The van der Waals surface area contributed by atoms with E-state index < -0.39 is 0 Å². The van der Waals surface area contributed by atoms with Crippen LogP contribution in [0.3, 0.4) is 0 Å². The molecule has 0 amide bonds. The molecule has 24 heavy (non-hydrogen) atoms. The summed E-state index contributed by atoms with van der Waals surface area (Å²) in [6, 6.07) is 0. The van der Waals surface area contributed by atoms with Crippen molar-refractivity contribution in [1.29, 1.82) is 0 Å². The van der Waals surface area contributed by atoms with Gasteiger partial charge in [-0.15, -0.1) is 11.8 Å². The topological polar surface area (TPSA) is 55.6 Å². The van der Waals surface area contributed by atoms with Crippen molar-refractivity contribution in [1.82, 2.24) is 19.1 Å². The summed E-state index contributed by atoms with van der Waals surface area (Å²) in [5.74, 6) is 0.417. The van der Waals surface area contributed by atoms with Gasteiger partial charge in [0, 0.05) is 36.1 Å². The smallest absolute Gasteiger partial charge is 0.258 e. The predicted octanol–water partition coefficient (Wildman–Crippen LogP) is 3.63. The number of aryl methyl sites for hydroxylation is 2. The summed E-state index contributed by atoms with van der Waals surface area (Å²) in [4.78, 5) is 20.5. The molecule has 1 N–H and O–H groups in total. The van der Waals surface area contributed by atoms with E-state index in [-0.39, 0.29) is 5.56 Å². The summed E-state index contributed by atoms with van der Waals surface area (Å²) < 4.78 is 4.43. The summed E-state index contributed by atoms with van der Waals surface area (Å²) in [5.41, 5.74) is 2.28. The fourth-order valence-corrected chi connectivity index (χ4v) is 5.82. The van der Waals surface area contributed by atoms with E-state index in [9.17, 15) is 4.79 Å². The van der Waals surface area contributed by atoms with Crippen molar-refractivity contribution < 1.29 is 0 Å². The van der Waals surface area contributed by atoms with E-state index in [1.807, 2.05) is 31.2 Å². The molecule has 5 nitrogen and oxygen atoms in total. The van der Waals surface area contributed by atoms with Crippen LogP contribution >= 0.6 is 24.0 Å². The fourth-order valence-electron chi connectivity index (χ4n) is 3.93. The van der Waals surface area contributed by atoms with E-state index in [1.165, 1.54) is 19.3 Å². The Balaban J connectivity index is 1.57. The Labute approximate surface area is 150 Å². The minimum absolute atomic E-state index is 0.137. The fraction of sp³-hybridized carbons (Fsp3) is 0.588. The van der Waals surface area contributed by atoms with Crippen LogP contribution in [0.4, 0.5) is 0 Å². The van der Waals surface area contributed by atoms with Crippen molar-refractivity contribution in [2.45, 2.75) is 68.3 Å². The second kappa shape index (κ2) is 6.52. The van der Waals surface area contributed by atoms with Gasteiger partial charge in [0.15, 0.2) is 4.77 Å². The predicted molar refractivity (Wildman–Crippen MR) is 98.3 cm³/mol. The molecular weight excluding hydrogens is 340 g/mol. The number of fused-ring (bicyclic) bond motifs is 3. The molecule has 7 heteroatoms. The molecule has 0 saturated heterocycles. The van der Waals surface area contributed by atoms with Crippen LogP contribution in [0.25, 0.3) is 0 Å². The van der Waals surface area contributed by atoms with Crippen LogP contribution in [0.15, 0.2) is 22.3 Å². The highest BCUT2D eigenvalue weighted by atomic mass is 32.2. The Morgan fingerprint density at radius 2 is 2.21 bits per heavy atom. The quantitative estimate of drug-likeness (QED) is 0.666. The number of aromatic nitrogens is 4. The van der Waals surface area contributed by atoms with Gasteiger partial charge in [-0.3, -0.25) is 9.36 Å². The second-order valence-electron chi connectivity index (χ2n) is 6.76. The zero-order valence-corrected chi connectivity index (χ0v) is 15.5. The zero-order valence-electron chi connectivity index (χ0n) is 13.8. The van der Waals surface area contributed by atoms with Crippen LogP contribution in [0.2, 0.25) is 0 Å². The molecule has 1 aliphatic heterocycles. The second-order valence-corrected chi connectivity index (χ2v) is 8.40. The Morgan fingerprint density at radius 3 is 3.00 bits per heavy atom. The number of hydrogen-bond acceptors (Lipinski definition) is 4. The maximum atomic E-state index is 13.0. The van der Waals surface area contributed by atoms with Gasteiger partial charge in [0.25, 0.3) is 5.56 Å². The average Bonchev–Trinajstić information content (AvgIpc) is 3.13. The van der Waals surface area contributed by atoms with Crippen molar-refractivity contribution in [3.63, 3.8) is 0 Å². The first kappa shape index (κ1) is 16.1. The van der Waals surface area contributed by atoms with Crippen molar-refractivity contribution in [2.24, 2.45) is 0 Å². The average molecular weight is 363 g/mol. The van der Waals surface area contributed by atoms with Crippen molar-refractivity contribution in [3.8, 4) is 0 Å². The summed E-state index contributed by atoms with van der Waals surface area (Å²) in [6.07, 6.45) is 9.42. The molecule has 0 bridgehead atoms. The third-order valence-corrected chi connectivity index (χ3v) is 6.98. The molecule has 1 saturated carbocycles. The van der Waals surface area contributed by atoms with Crippen LogP contribution in [0.1, 0.15) is 49.3 Å². The van der Waals surface area contributed by atoms with Gasteiger partial charge in [0.2, 0.25) is 0 Å². The molecule has 3 heterocycles. The molecule has 1 aliphatic carbocycles. The van der Waals surface area contributed by atoms with E-state index in [1.54, 1.807) is 4.57 Å². The first-order chi connectivity index (χ1) is 11.6. The van der Waals surface area contributed by atoms with Gasteiger partial charge in [0.05, 0.1) is 16.9 Å². The molecule has 0 spiro atoms. The van der Waals surface area contributed by atoms with Gasteiger partial charge >= 0.3 is 0 Å². The molecule has 128 valence electrons. The number of hydrogen-bond donors (Lipinski definition) is 1. The minimum Gasteiger partial charge on any atom is -0.335 e. The zero-order chi connectivity index (χ0) is 16.7. The number of imidazole rings is 1. The Hall–Kier alpha value is -1.34. The molecule has 2 unspecified atom stereocenters. The van der Waals surface area contributed by atoms with Gasteiger partial charge in [-0.2, -0.15) is 0 Å². The Bertz CT molecular complexity index is 866. The van der Waals surface area contributed by atoms with Gasteiger partial charge in [-0.25, -0.2) is 4.98 Å². The number of thioether (sulfide) groups is 1. The van der Waals surface area contributed by atoms with Crippen LogP contribution < -0.4 is 5.56 Å². The molecule has 0 radical (unpaired) electrons. The molecule has 2 atom stereocenters. The first-order valence-corrected chi connectivity index (χ1v) is 9.94. The number of nitrogens with one attached hydrogen (secondary N) is 1. The summed E-state index contributed by atoms with van der Waals surface area (Å²) in [7, 11) is 0. The molecular formula is C17H22N4OS2. The standard InChI is InChI=1S/C17H22N4OS2/c1-11-9-18-10-20(11)7-4-8-21-16(22)14-12-5-2-3-6-13(12)24-15(14)19-17(21)23/h9-10,12-13H,2-8H2,1H3,(H,19,23). The normalized spacial score (nSPS) is 22.4. The summed E-state index contributed by atoms with van der Waals surface area (Å²) in [6.45, 7) is 3.55. The lowest BCUT2D eigenvalue weighted by Crippen LogP contribution is -2.29. The van der Waals surface area contributed by atoms with Crippen LogP contribution in [-0.4, -0.2) is 24.4 Å². The molecule has 2 aliphatic rings. The summed E-state index contributed by atoms with van der Waals surface area (Å²) in [5, 5.41) is 1.60. The highest BCUT2D eigenvalue weighted by molar-refractivity contribution is 8.00. The van der Waals surface area contributed by atoms with E-state index in [0.717, 1.165) is 35.7 Å². The van der Waals surface area contributed by atoms with E-state index in [2.05, 4.69) is 14.5 Å². The van der Waals surface area contributed by atoms with Gasteiger partial charge in [-0.05, 0) is 38.4 Å². The van der Waals surface area contributed by atoms with Gasteiger partial charge in [-0.1, -0.05) is 12.8 Å². The molecule has 0 aromatic carbocycles. The van der Waals surface area contributed by atoms with E-state index in [4.69, 9.17) is 12.2 Å². The van der Waals surface area contributed by atoms with E-state index in [0.29, 0.717) is 22.5 Å². The molecule has 2 aromatic heterocycles. The Kier molecular flexibility index (Phi) is 4.39. The third kappa shape index (κ3) is 2.77. The number of nitrogens with zero attached hydrogens (tertiary/aromatic N) is 3. The Morgan fingerprint density at radius 1 is 1.38 bits per heavy atom. The van der Waals surface area contributed by atoms with Crippen LogP contribution in [0.5, 0.6) is 0 Å². The maximum Gasteiger partial charge on any atom is 0.258 e. The van der Waals surface area contributed by atoms with Gasteiger partial charge in [0.1, 0.15) is 0 Å². The SMILES string of the molecule is Cc1cncn1CCCn1c(=S)[nH]c2c(c1=O)C1CCCCC1S2. The molecule has 1 fully saturated rings. The molecule has 2 aromatic rings. The minimum atomic E-state index is 0.137. The first-order valence-electron chi connectivity index (χ1n) is 8.65. The summed E-state index contributed by atoms with van der Waals surface area (Å²) >= 11 is 7.29. The monoisotopic (exact) mass is 362 g/mol. The highest BCUT2D eigenvalue weighted by Gasteiger charge is 2.38. The third-order valence-electron chi connectivity index (χ3n) is 5.23. The highest BCUT2D eigenvalue weighted by Crippen LogP contribution is 2.49. The number of rotatable bonds is 4. The molecule has 4 rings (SSSR count). The van der Waals surface area contributed by atoms with Crippen molar-refractivity contribution in [3.05, 3.63) is 38.9 Å². The number of aromatic amines is 1. The largest absolute Gasteiger partial charge is 0.335 e. The maximum absolute atomic E-state index is 13.0. The lowest BCUT2D eigenvalue weighted by molar-refractivity contribution is 0.450.